The molecule has 0 unspecified atom stereocenters. The standard InChI is InChI=1S/C24H25FO2/c1-18-9-12-20(13-10-18)24(2,3)17-26-16-19-11-14-22(25)23(15-19)27-21-7-5-4-6-8-21/h4-15H,16-17H2,1-3H3. The summed E-state index contributed by atoms with van der Waals surface area (Å²) in [5, 5.41) is 0. The van der Waals surface area contributed by atoms with Crippen molar-refractivity contribution < 1.29 is 13.9 Å². The molecule has 0 aliphatic rings. The molecule has 0 bridgehead atoms. The summed E-state index contributed by atoms with van der Waals surface area (Å²) >= 11 is 0. The van der Waals surface area contributed by atoms with Crippen LogP contribution in [0.2, 0.25) is 0 Å². The Labute approximate surface area is 160 Å². The Balaban J connectivity index is 1.62. The number of aryl methyl sites for hydroxylation is 1. The SMILES string of the molecule is Cc1ccc(C(C)(C)COCc2ccc(F)c(Oc3ccccc3)c2)cc1. The van der Waals surface area contributed by atoms with Gasteiger partial charge in [-0.05, 0) is 42.3 Å². The molecule has 2 nitrogen and oxygen atoms in total. The summed E-state index contributed by atoms with van der Waals surface area (Å²) in [6.07, 6.45) is 0. The molecule has 140 valence electrons. The van der Waals surface area contributed by atoms with Crippen molar-refractivity contribution in [3.63, 3.8) is 0 Å². The molecule has 0 spiro atoms. The molecule has 3 rings (SSSR count). The van der Waals surface area contributed by atoms with E-state index in [4.69, 9.17) is 9.47 Å². The molecular formula is C24H25FO2. The number of halogens is 1. The normalized spacial score (nSPS) is 11.4. The average Bonchev–Trinajstić information content (AvgIpc) is 2.65. The van der Waals surface area contributed by atoms with Gasteiger partial charge in [0.25, 0.3) is 0 Å². The smallest absolute Gasteiger partial charge is 0.165 e. The summed E-state index contributed by atoms with van der Waals surface area (Å²) in [4.78, 5) is 0. The summed E-state index contributed by atoms with van der Waals surface area (Å²) in [6.45, 7) is 7.37. The topological polar surface area (TPSA) is 18.5 Å². The second-order valence-electron chi connectivity index (χ2n) is 7.42. The van der Waals surface area contributed by atoms with Gasteiger partial charge in [0.15, 0.2) is 11.6 Å². The zero-order valence-electron chi connectivity index (χ0n) is 16.0. The van der Waals surface area contributed by atoms with Crippen LogP contribution in [-0.4, -0.2) is 6.61 Å². The van der Waals surface area contributed by atoms with E-state index in [1.807, 2.05) is 18.2 Å². The third kappa shape index (κ3) is 5.18. The van der Waals surface area contributed by atoms with Crippen molar-refractivity contribution in [2.24, 2.45) is 0 Å². The number of hydrogen-bond acceptors (Lipinski definition) is 2. The molecule has 0 radical (unpaired) electrons. The van der Waals surface area contributed by atoms with Crippen LogP contribution in [0.1, 0.15) is 30.5 Å². The molecule has 0 aliphatic heterocycles. The Bertz CT molecular complexity index is 871. The van der Waals surface area contributed by atoms with E-state index in [1.165, 1.54) is 17.2 Å². The molecule has 0 aliphatic carbocycles. The maximum absolute atomic E-state index is 14.1. The largest absolute Gasteiger partial charge is 0.454 e. The Hall–Kier alpha value is -2.65. The number of rotatable bonds is 7. The van der Waals surface area contributed by atoms with Gasteiger partial charge in [-0.3, -0.25) is 0 Å². The summed E-state index contributed by atoms with van der Waals surface area (Å²) in [6, 6.07) is 22.6. The van der Waals surface area contributed by atoms with Crippen LogP contribution in [-0.2, 0) is 16.8 Å². The van der Waals surface area contributed by atoms with Gasteiger partial charge in [0.1, 0.15) is 5.75 Å². The fraction of sp³-hybridized carbons (Fsp3) is 0.250. The first-order valence-corrected chi connectivity index (χ1v) is 9.10. The average molecular weight is 364 g/mol. The highest BCUT2D eigenvalue weighted by molar-refractivity contribution is 5.35. The molecule has 0 fully saturated rings. The fourth-order valence-corrected chi connectivity index (χ4v) is 2.84. The van der Waals surface area contributed by atoms with E-state index in [-0.39, 0.29) is 17.0 Å². The number of benzene rings is 3. The van der Waals surface area contributed by atoms with Crippen LogP contribution in [0.5, 0.6) is 11.5 Å². The Morgan fingerprint density at radius 1 is 0.889 bits per heavy atom. The number of ether oxygens (including phenoxy) is 2. The molecular weight excluding hydrogens is 339 g/mol. The Morgan fingerprint density at radius 3 is 2.30 bits per heavy atom. The summed E-state index contributed by atoms with van der Waals surface area (Å²) in [5.74, 6) is 0.428. The molecule has 0 amide bonds. The highest BCUT2D eigenvalue weighted by atomic mass is 19.1. The van der Waals surface area contributed by atoms with E-state index in [9.17, 15) is 4.39 Å². The molecule has 0 N–H and O–H groups in total. The first-order valence-electron chi connectivity index (χ1n) is 9.10. The van der Waals surface area contributed by atoms with Gasteiger partial charge in [-0.15, -0.1) is 0 Å². The maximum atomic E-state index is 14.1. The van der Waals surface area contributed by atoms with Crippen molar-refractivity contribution in [1.82, 2.24) is 0 Å². The Kier molecular flexibility index (Phi) is 5.92. The quantitative estimate of drug-likeness (QED) is 0.481. The third-order valence-corrected chi connectivity index (χ3v) is 4.53. The lowest BCUT2D eigenvalue weighted by Crippen LogP contribution is -2.24. The van der Waals surface area contributed by atoms with Crippen LogP contribution in [0.4, 0.5) is 4.39 Å². The van der Waals surface area contributed by atoms with Gasteiger partial charge < -0.3 is 9.47 Å². The van der Waals surface area contributed by atoms with E-state index < -0.39 is 0 Å². The number of para-hydroxylation sites is 1. The van der Waals surface area contributed by atoms with Crippen molar-refractivity contribution in [2.75, 3.05) is 6.61 Å². The van der Waals surface area contributed by atoms with Crippen molar-refractivity contribution in [2.45, 2.75) is 32.8 Å². The summed E-state index contributed by atoms with van der Waals surface area (Å²) in [7, 11) is 0. The van der Waals surface area contributed by atoms with Gasteiger partial charge in [-0.2, -0.15) is 0 Å². The van der Waals surface area contributed by atoms with Crippen molar-refractivity contribution in [3.8, 4) is 11.5 Å². The second-order valence-corrected chi connectivity index (χ2v) is 7.42. The van der Waals surface area contributed by atoms with Crippen LogP contribution < -0.4 is 4.74 Å². The lowest BCUT2D eigenvalue weighted by atomic mass is 9.85. The molecule has 0 heterocycles. The van der Waals surface area contributed by atoms with Gasteiger partial charge in [-0.25, -0.2) is 4.39 Å². The third-order valence-electron chi connectivity index (χ3n) is 4.53. The van der Waals surface area contributed by atoms with E-state index in [0.29, 0.717) is 19.0 Å². The zero-order valence-corrected chi connectivity index (χ0v) is 16.0. The lowest BCUT2D eigenvalue weighted by molar-refractivity contribution is 0.0823. The molecule has 0 saturated heterocycles. The van der Waals surface area contributed by atoms with E-state index in [1.54, 1.807) is 24.3 Å². The highest BCUT2D eigenvalue weighted by Gasteiger charge is 2.20. The summed E-state index contributed by atoms with van der Waals surface area (Å²) < 4.78 is 25.6. The van der Waals surface area contributed by atoms with Crippen LogP contribution in [0.25, 0.3) is 0 Å². The number of hydrogen-bond donors (Lipinski definition) is 0. The molecule has 3 aromatic rings. The minimum absolute atomic E-state index is 0.100. The van der Waals surface area contributed by atoms with E-state index >= 15 is 0 Å². The van der Waals surface area contributed by atoms with Crippen molar-refractivity contribution in [1.29, 1.82) is 0 Å². The molecule has 3 aromatic carbocycles. The first-order chi connectivity index (χ1) is 12.9. The fourth-order valence-electron chi connectivity index (χ4n) is 2.84. The van der Waals surface area contributed by atoms with Crippen LogP contribution in [0.3, 0.4) is 0 Å². The lowest BCUT2D eigenvalue weighted by Gasteiger charge is -2.25. The van der Waals surface area contributed by atoms with Crippen LogP contribution >= 0.6 is 0 Å². The second kappa shape index (κ2) is 8.36. The highest BCUT2D eigenvalue weighted by Crippen LogP contribution is 2.27. The van der Waals surface area contributed by atoms with Gasteiger partial charge in [0.2, 0.25) is 0 Å². The van der Waals surface area contributed by atoms with Crippen molar-refractivity contribution >= 4 is 0 Å². The predicted molar refractivity (Wildman–Crippen MR) is 107 cm³/mol. The Morgan fingerprint density at radius 2 is 1.59 bits per heavy atom. The van der Waals surface area contributed by atoms with Crippen molar-refractivity contribution in [3.05, 3.63) is 95.3 Å². The summed E-state index contributed by atoms with van der Waals surface area (Å²) in [5.41, 5.74) is 3.26. The minimum atomic E-state index is -0.386. The van der Waals surface area contributed by atoms with Crippen LogP contribution in [0.15, 0.2) is 72.8 Å². The predicted octanol–water partition coefficient (Wildman–Crippen LogP) is 6.42. The molecule has 27 heavy (non-hydrogen) atoms. The molecule has 3 heteroatoms. The van der Waals surface area contributed by atoms with Gasteiger partial charge in [0.05, 0.1) is 13.2 Å². The monoisotopic (exact) mass is 364 g/mol. The van der Waals surface area contributed by atoms with E-state index in [2.05, 4.69) is 45.0 Å². The van der Waals surface area contributed by atoms with Gasteiger partial charge >= 0.3 is 0 Å². The van der Waals surface area contributed by atoms with Gasteiger partial charge in [0, 0.05) is 5.41 Å². The molecule has 0 atom stereocenters. The first kappa shape index (κ1) is 19.1. The van der Waals surface area contributed by atoms with Gasteiger partial charge in [-0.1, -0.05) is 67.9 Å². The minimum Gasteiger partial charge on any atom is -0.454 e. The molecule has 0 aromatic heterocycles. The zero-order chi connectivity index (χ0) is 19.3. The maximum Gasteiger partial charge on any atom is 0.165 e. The molecule has 0 saturated carbocycles. The van der Waals surface area contributed by atoms with E-state index in [0.717, 1.165) is 5.56 Å². The van der Waals surface area contributed by atoms with Crippen LogP contribution in [0, 0.1) is 12.7 Å².